The predicted octanol–water partition coefficient (Wildman–Crippen LogP) is 1.18. The third-order valence-electron chi connectivity index (χ3n) is 1.91. The summed E-state index contributed by atoms with van der Waals surface area (Å²) in [5, 5.41) is 5.05. The second-order valence-corrected chi connectivity index (χ2v) is 3.56. The Labute approximate surface area is 87.3 Å². The van der Waals surface area contributed by atoms with Crippen LogP contribution in [0.15, 0.2) is 10.9 Å². The third kappa shape index (κ3) is 3.08. The van der Waals surface area contributed by atoms with Gasteiger partial charge in [-0.2, -0.15) is 0 Å². The Morgan fingerprint density at radius 3 is 3.07 bits per heavy atom. The van der Waals surface area contributed by atoms with E-state index in [2.05, 4.69) is 15.0 Å². The van der Waals surface area contributed by atoms with E-state index in [1.807, 2.05) is 12.3 Å². The fourth-order valence-corrected chi connectivity index (χ4v) is 1.65. The number of rotatable bonds is 5. The summed E-state index contributed by atoms with van der Waals surface area (Å²) in [5.41, 5.74) is 2.73. The molecule has 4 nitrogen and oxygen atoms in total. The van der Waals surface area contributed by atoms with Crippen molar-refractivity contribution in [3.05, 3.63) is 16.6 Å². The summed E-state index contributed by atoms with van der Waals surface area (Å²) < 4.78 is 4.65. The van der Waals surface area contributed by atoms with Crippen molar-refractivity contribution in [1.29, 1.82) is 0 Å². The lowest BCUT2D eigenvalue weighted by Gasteiger charge is -2.12. The summed E-state index contributed by atoms with van der Waals surface area (Å²) >= 11 is 1.55. The molecule has 14 heavy (non-hydrogen) atoms. The molecule has 78 valence electrons. The van der Waals surface area contributed by atoms with Gasteiger partial charge in [0.1, 0.15) is 6.04 Å². The van der Waals surface area contributed by atoms with Crippen molar-refractivity contribution in [3.63, 3.8) is 0 Å². The molecular weight excluding hydrogens is 200 g/mol. The SMILES string of the molecule is CCC(NCc1cscn1)C(=O)OC. The zero-order chi connectivity index (χ0) is 10.4. The van der Waals surface area contributed by atoms with E-state index >= 15 is 0 Å². The number of nitrogens with zero attached hydrogens (tertiary/aromatic N) is 1. The molecule has 1 atom stereocenters. The Morgan fingerprint density at radius 2 is 2.57 bits per heavy atom. The molecule has 1 aromatic rings. The van der Waals surface area contributed by atoms with Crippen LogP contribution in [0.1, 0.15) is 19.0 Å². The number of esters is 1. The molecule has 0 bridgehead atoms. The average Bonchev–Trinajstić information content (AvgIpc) is 2.71. The first kappa shape index (κ1) is 11.1. The zero-order valence-corrected chi connectivity index (χ0v) is 9.13. The quantitative estimate of drug-likeness (QED) is 0.748. The van der Waals surface area contributed by atoms with E-state index in [0.29, 0.717) is 6.54 Å². The van der Waals surface area contributed by atoms with Gasteiger partial charge in [0, 0.05) is 11.9 Å². The van der Waals surface area contributed by atoms with Gasteiger partial charge in [-0.3, -0.25) is 10.1 Å². The largest absolute Gasteiger partial charge is 0.468 e. The monoisotopic (exact) mass is 214 g/mol. The van der Waals surface area contributed by atoms with Crippen LogP contribution in [0, 0.1) is 0 Å². The van der Waals surface area contributed by atoms with Crippen LogP contribution in [0.3, 0.4) is 0 Å². The van der Waals surface area contributed by atoms with Gasteiger partial charge in [0.2, 0.25) is 0 Å². The van der Waals surface area contributed by atoms with Crippen molar-refractivity contribution in [3.8, 4) is 0 Å². The molecule has 1 aromatic heterocycles. The minimum atomic E-state index is -0.235. The van der Waals surface area contributed by atoms with Crippen LogP contribution in [-0.2, 0) is 16.1 Å². The Kier molecular flexibility index (Phi) is 4.55. The van der Waals surface area contributed by atoms with Crippen LogP contribution >= 0.6 is 11.3 Å². The molecule has 0 fully saturated rings. The predicted molar refractivity (Wildman–Crippen MR) is 55.0 cm³/mol. The number of ether oxygens (including phenoxy) is 1. The van der Waals surface area contributed by atoms with Gasteiger partial charge in [-0.05, 0) is 6.42 Å². The van der Waals surface area contributed by atoms with Gasteiger partial charge in [0.05, 0.1) is 18.3 Å². The number of hydrogen-bond acceptors (Lipinski definition) is 5. The lowest BCUT2D eigenvalue weighted by molar-refractivity contribution is -0.143. The molecule has 0 aliphatic carbocycles. The maximum absolute atomic E-state index is 11.2. The molecule has 5 heteroatoms. The molecule has 1 rings (SSSR count). The molecule has 0 aromatic carbocycles. The number of carbonyl (C=O) groups is 1. The van der Waals surface area contributed by atoms with Crippen molar-refractivity contribution in [2.45, 2.75) is 25.9 Å². The van der Waals surface area contributed by atoms with Crippen LogP contribution in [0.25, 0.3) is 0 Å². The number of methoxy groups -OCH3 is 1. The normalized spacial score (nSPS) is 12.4. The maximum Gasteiger partial charge on any atom is 0.322 e. The van der Waals surface area contributed by atoms with Crippen LogP contribution < -0.4 is 5.32 Å². The van der Waals surface area contributed by atoms with Gasteiger partial charge >= 0.3 is 5.97 Å². The molecule has 1 heterocycles. The summed E-state index contributed by atoms with van der Waals surface area (Å²) in [5.74, 6) is -0.220. The van der Waals surface area contributed by atoms with Crippen LogP contribution in [0.5, 0.6) is 0 Å². The molecule has 0 aliphatic rings. The highest BCUT2D eigenvalue weighted by Crippen LogP contribution is 2.02. The van der Waals surface area contributed by atoms with Gasteiger partial charge < -0.3 is 4.74 Å². The Morgan fingerprint density at radius 1 is 1.79 bits per heavy atom. The maximum atomic E-state index is 11.2. The van der Waals surface area contributed by atoms with Gasteiger partial charge in [0.25, 0.3) is 0 Å². The van der Waals surface area contributed by atoms with E-state index in [-0.39, 0.29) is 12.0 Å². The van der Waals surface area contributed by atoms with Gasteiger partial charge in [-0.15, -0.1) is 11.3 Å². The molecule has 0 saturated carbocycles. The van der Waals surface area contributed by atoms with Crippen LogP contribution in [-0.4, -0.2) is 24.1 Å². The fourth-order valence-electron chi connectivity index (χ4n) is 1.09. The lowest BCUT2D eigenvalue weighted by atomic mass is 10.2. The second kappa shape index (κ2) is 5.72. The van der Waals surface area contributed by atoms with E-state index in [4.69, 9.17) is 0 Å². The number of thiazole rings is 1. The van der Waals surface area contributed by atoms with Crippen LogP contribution in [0.4, 0.5) is 0 Å². The number of aromatic nitrogens is 1. The number of carbonyl (C=O) groups excluding carboxylic acids is 1. The summed E-state index contributed by atoms with van der Waals surface area (Å²) in [6.07, 6.45) is 0.719. The van der Waals surface area contributed by atoms with Crippen molar-refractivity contribution in [1.82, 2.24) is 10.3 Å². The zero-order valence-electron chi connectivity index (χ0n) is 8.32. The average molecular weight is 214 g/mol. The molecule has 0 saturated heterocycles. The van der Waals surface area contributed by atoms with Gasteiger partial charge in [-0.1, -0.05) is 6.92 Å². The van der Waals surface area contributed by atoms with Crippen molar-refractivity contribution in [2.75, 3.05) is 7.11 Å². The molecule has 1 unspecified atom stereocenters. The molecule has 0 spiro atoms. The van der Waals surface area contributed by atoms with E-state index in [0.717, 1.165) is 12.1 Å². The number of nitrogens with one attached hydrogen (secondary N) is 1. The Bertz CT molecular complexity index is 274. The topological polar surface area (TPSA) is 51.2 Å². The van der Waals surface area contributed by atoms with E-state index < -0.39 is 0 Å². The molecule has 0 amide bonds. The van der Waals surface area contributed by atoms with E-state index in [1.165, 1.54) is 7.11 Å². The summed E-state index contributed by atoms with van der Waals surface area (Å²) in [4.78, 5) is 15.3. The second-order valence-electron chi connectivity index (χ2n) is 2.84. The van der Waals surface area contributed by atoms with Crippen molar-refractivity contribution in [2.24, 2.45) is 0 Å². The Hall–Kier alpha value is -0.940. The van der Waals surface area contributed by atoms with E-state index in [9.17, 15) is 4.79 Å². The smallest absolute Gasteiger partial charge is 0.322 e. The minimum Gasteiger partial charge on any atom is -0.468 e. The first-order chi connectivity index (χ1) is 6.77. The summed E-state index contributed by atoms with van der Waals surface area (Å²) in [6, 6.07) is -0.235. The van der Waals surface area contributed by atoms with Gasteiger partial charge in [0.15, 0.2) is 0 Å². The Balaban J connectivity index is 2.38. The molecule has 0 radical (unpaired) electrons. The summed E-state index contributed by atoms with van der Waals surface area (Å²) in [6.45, 7) is 2.55. The molecule has 1 N–H and O–H groups in total. The standard InChI is InChI=1S/C9H14N2O2S/c1-3-8(9(12)13-2)10-4-7-5-14-6-11-7/h5-6,8,10H,3-4H2,1-2H3. The van der Waals surface area contributed by atoms with Gasteiger partial charge in [-0.25, -0.2) is 4.98 Å². The number of hydrogen-bond donors (Lipinski definition) is 1. The van der Waals surface area contributed by atoms with Crippen molar-refractivity contribution >= 4 is 17.3 Å². The highest BCUT2D eigenvalue weighted by Gasteiger charge is 2.15. The minimum absolute atomic E-state index is 0.220. The molecular formula is C9H14N2O2S. The highest BCUT2D eigenvalue weighted by molar-refractivity contribution is 7.07. The van der Waals surface area contributed by atoms with Crippen molar-refractivity contribution < 1.29 is 9.53 Å². The fraction of sp³-hybridized carbons (Fsp3) is 0.556. The first-order valence-corrected chi connectivity index (χ1v) is 5.40. The summed E-state index contributed by atoms with van der Waals surface area (Å²) in [7, 11) is 1.40. The lowest BCUT2D eigenvalue weighted by Crippen LogP contribution is -2.36. The van der Waals surface area contributed by atoms with Crippen LogP contribution in [0.2, 0.25) is 0 Å². The third-order valence-corrected chi connectivity index (χ3v) is 2.54. The first-order valence-electron chi connectivity index (χ1n) is 4.46. The van der Waals surface area contributed by atoms with E-state index in [1.54, 1.807) is 16.8 Å². The highest BCUT2D eigenvalue weighted by atomic mass is 32.1. The molecule has 0 aliphatic heterocycles.